The van der Waals surface area contributed by atoms with Gasteiger partial charge in [0.2, 0.25) is 0 Å². The molecule has 0 saturated carbocycles. The summed E-state index contributed by atoms with van der Waals surface area (Å²) in [6.45, 7) is 19.2. The molecule has 86 valence electrons. The van der Waals surface area contributed by atoms with Crippen LogP contribution in [-0.4, -0.2) is 36.1 Å². The molecule has 0 atom stereocenters. The zero-order valence-corrected chi connectivity index (χ0v) is 9.57. The van der Waals surface area contributed by atoms with Crippen molar-refractivity contribution in [1.29, 1.82) is 0 Å². The van der Waals surface area contributed by atoms with E-state index in [-0.39, 0.29) is 5.48 Å². The van der Waals surface area contributed by atoms with Crippen molar-refractivity contribution in [3.05, 3.63) is 50.6 Å². The second-order valence-electron chi connectivity index (χ2n) is 3.56. The number of rotatable bonds is 9. The van der Waals surface area contributed by atoms with Gasteiger partial charge >= 0.3 is 0 Å². The Morgan fingerprint density at radius 2 is 1.13 bits per heavy atom. The van der Waals surface area contributed by atoms with Crippen LogP contribution in [-0.2, 0) is 0 Å². The van der Waals surface area contributed by atoms with Crippen molar-refractivity contribution in [3.63, 3.8) is 0 Å². The fourth-order valence-corrected chi connectivity index (χ4v) is 1.68. The lowest BCUT2D eigenvalue weighted by atomic mass is 10.2. The van der Waals surface area contributed by atoms with Gasteiger partial charge in [0.1, 0.15) is 0 Å². The molecule has 0 unspecified atom stereocenters. The van der Waals surface area contributed by atoms with E-state index in [1.165, 1.54) is 0 Å². The van der Waals surface area contributed by atoms with E-state index >= 15 is 0 Å². The Morgan fingerprint density at radius 1 is 0.733 bits per heavy atom. The molecule has 0 aliphatic heterocycles. The van der Waals surface area contributed by atoms with Gasteiger partial charge in [0.05, 0.1) is 26.2 Å². The zero-order chi connectivity index (χ0) is 10.9. The molecule has 0 radical (unpaired) electrons. The van der Waals surface area contributed by atoms with Crippen molar-refractivity contribution >= 4 is 0 Å². The maximum Gasteiger partial charge on any atom is 0.0976 e. The predicted octanol–water partition coefficient (Wildman–Crippen LogP) is 2.76. The molecule has 0 amide bonds. The second-order valence-corrected chi connectivity index (χ2v) is 3.56. The molecular formula is C13H23NO. The predicted molar refractivity (Wildman–Crippen MR) is 67.1 cm³/mol. The van der Waals surface area contributed by atoms with Crippen molar-refractivity contribution in [2.24, 2.45) is 0 Å². The Kier molecular flexibility index (Phi) is 10.3. The minimum Gasteiger partial charge on any atom is -0.870 e. The second kappa shape index (κ2) is 9.44. The molecule has 0 heterocycles. The van der Waals surface area contributed by atoms with Crippen LogP contribution >= 0.6 is 0 Å². The summed E-state index contributed by atoms with van der Waals surface area (Å²) in [7, 11) is 0. The van der Waals surface area contributed by atoms with Crippen LogP contribution in [0.5, 0.6) is 0 Å². The fraction of sp³-hybridized carbons (Fsp3) is 0.385. The van der Waals surface area contributed by atoms with Crippen LogP contribution in [0.1, 0.15) is 6.42 Å². The summed E-state index contributed by atoms with van der Waals surface area (Å²) < 4.78 is 0.961. The summed E-state index contributed by atoms with van der Waals surface area (Å²) in [4.78, 5) is 0. The van der Waals surface area contributed by atoms with Gasteiger partial charge in [-0.2, -0.15) is 0 Å². The Hall–Kier alpha value is -1.12. The highest BCUT2D eigenvalue weighted by Gasteiger charge is 2.21. The standard InChI is InChI=1S/C13H22N.H2O/c1-5-9-13-14(10-6-2,11-7-3)12-8-4;/h5-8H,1-4,9-13H2;1H2/q+1;/p-1. The average molecular weight is 209 g/mol. The number of nitrogens with zero attached hydrogens (tertiary/aromatic N) is 1. The van der Waals surface area contributed by atoms with Crippen LogP contribution in [0, 0.1) is 0 Å². The van der Waals surface area contributed by atoms with Crippen molar-refractivity contribution in [2.45, 2.75) is 6.42 Å². The van der Waals surface area contributed by atoms with Crippen molar-refractivity contribution in [3.8, 4) is 0 Å². The van der Waals surface area contributed by atoms with Gasteiger partial charge in [-0.15, -0.1) is 6.58 Å². The van der Waals surface area contributed by atoms with Gasteiger partial charge in [-0.3, -0.25) is 0 Å². The highest BCUT2D eigenvalue weighted by molar-refractivity contribution is 4.77. The molecule has 2 heteroatoms. The SMILES string of the molecule is C=CCC[N+](CC=C)(CC=C)CC=C.[OH-]. The Bertz CT molecular complexity index is 182. The van der Waals surface area contributed by atoms with E-state index in [1.807, 2.05) is 24.3 Å². The summed E-state index contributed by atoms with van der Waals surface area (Å²) in [6.07, 6.45) is 8.89. The van der Waals surface area contributed by atoms with Gasteiger partial charge in [0.25, 0.3) is 0 Å². The van der Waals surface area contributed by atoms with Crippen LogP contribution in [0.3, 0.4) is 0 Å². The Morgan fingerprint density at radius 3 is 1.40 bits per heavy atom. The third kappa shape index (κ3) is 6.05. The van der Waals surface area contributed by atoms with Crippen molar-refractivity contribution in [1.82, 2.24) is 0 Å². The third-order valence-corrected chi connectivity index (χ3v) is 2.36. The first-order valence-electron chi connectivity index (χ1n) is 5.03. The molecule has 0 aromatic heterocycles. The molecule has 0 aromatic rings. The van der Waals surface area contributed by atoms with Crippen LogP contribution in [0.2, 0.25) is 0 Å². The molecule has 0 bridgehead atoms. The van der Waals surface area contributed by atoms with E-state index in [1.54, 1.807) is 0 Å². The normalized spacial score (nSPS) is 9.87. The minimum atomic E-state index is 0. The molecule has 15 heavy (non-hydrogen) atoms. The molecule has 1 N–H and O–H groups in total. The molecular weight excluding hydrogens is 186 g/mol. The Labute approximate surface area is 93.8 Å². The van der Waals surface area contributed by atoms with Crippen LogP contribution in [0.4, 0.5) is 0 Å². The maximum absolute atomic E-state index is 3.81. The molecule has 0 rings (SSSR count). The topological polar surface area (TPSA) is 30.0 Å². The first kappa shape index (κ1) is 16.3. The lowest BCUT2D eigenvalue weighted by Crippen LogP contribution is -2.48. The van der Waals surface area contributed by atoms with Crippen molar-refractivity contribution in [2.75, 3.05) is 26.2 Å². The smallest absolute Gasteiger partial charge is 0.0976 e. The summed E-state index contributed by atoms with van der Waals surface area (Å²) in [6, 6.07) is 0. The minimum absolute atomic E-state index is 0. The van der Waals surface area contributed by atoms with Gasteiger partial charge < -0.3 is 9.96 Å². The molecule has 0 aliphatic rings. The highest BCUT2D eigenvalue weighted by Crippen LogP contribution is 2.09. The molecule has 0 aliphatic carbocycles. The quantitative estimate of drug-likeness (QED) is 0.424. The summed E-state index contributed by atoms with van der Waals surface area (Å²) >= 11 is 0. The first-order chi connectivity index (χ1) is 6.74. The van der Waals surface area contributed by atoms with E-state index in [4.69, 9.17) is 0 Å². The number of hydrogen-bond donors (Lipinski definition) is 0. The number of quaternary nitrogens is 1. The van der Waals surface area contributed by atoms with Crippen LogP contribution in [0.25, 0.3) is 0 Å². The van der Waals surface area contributed by atoms with Crippen LogP contribution in [0.15, 0.2) is 50.6 Å². The summed E-state index contributed by atoms with van der Waals surface area (Å²) in [5.41, 5.74) is 0. The lowest BCUT2D eigenvalue weighted by Gasteiger charge is -2.35. The van der Waals surface area contributed by atoms with E-state index in [0.717, 1.165) is 37.1 Å². The van der Waals surface area contributed by atoms with E-state index < -0.39 is 0 Å². The first-order valence-corrected chi connectivity index (χ1v) is 5.03. The maximum atomic E-state index is 3.81. The summed E-state index contributed by atoms with van der Waals surface area (Å²) in [5, 5.41) is 0. The summed E-state index contributed by atoms with van der Waals surface area (Å²) in [5.74, 6) is 0. The zero-order valence-electron chi connectivity index (χ0n) is 9.57. The van der Waals surface area contributed by atoms with Gasteiger partial charge in [0.15, 0.2) is 0 Å². The van der Waals surface area contributed by atoms with Gasteiger partial charge in [-0.25, -0.2) is 0 Å². The number of hydrogen-bond acceptors (Lipinski definition) is 1. The third-order valence-electron chi connectivity index (χ3n) is 2.36. The molecule has 0 saturated heterocycles. The molecule has 2 nitrogen and oxygen atoms in total. The highest BCUT2D eigenvalue weighted by atomic mass is 16.0. The fourth-order valence-electron chi connectivity index (χ4n) is 1.68. The van der Waals surface area contributed by atoms with Gasteiger partial charge in [-0.05, 0) is 18.2 Å². The molecule has 0 aromatic carbocycles. The largest absolute Gasteiger partial charge is 0.870 e. The van der Waals surface area contributed by atoms with Gasteiger partial charge in [0, 0.05) is 6.42 Å². The van der Waals surface area contributed by atoms with E-state index in [2.05, 4.69) is 26.3 Å². The Balaban J connectivity index is 0. The van der Waals surface area contributed by atoms with Gasteiger partial charge in [-0.1, -0.05) is 25.8 Å². The monoisotopic (exact) mass is 209 g/mol. The molecule has 0 spiro atoms. The molecule has 0 fully saturated rings. The average Bonchev–Trinajstić information content (AvgIpc) is 2.16. The lowest BCUT2D eigenvalue weighted by molar-refractivity contribution is -0.911. The van der Waals surface area contributed by atoms with Crippen LogP contribution < -0.4 is 0 Å². The van der Waals surface area contributed by atoms with Crippen molar-refractivity contribution < 1.29 is 9.96 Å². The van der Waals surface area contributed by atoms with E-state index in [0.29, 0.717) is 0 Å². The van der Waals surface area contributed by atoms with E-state index in [9.17, 15) is 0 Å².